The number of aromatic nitrogens is 1. The number of fused-ring (bicyclic) bond motifs is 1. The Labute approximate surface area is 173 Å². The van der Waals surface area contributed by atoms with Gasteiger partial charge in [-0.05, 0) is 18.6 Å². The zero-order chi connectivity index (χ0) is 17.4. The molecule has 0 bridgehead atoms. The van der Waals surface area contributed by atoms with Crippen LogP contribution >= 0.6 is 24.0 Å². The van der Waals surface area contributed by atoms with Crippen molar-refractivity contribution >= 4 is 35.8 Å². The van der Waals surface area contributed by atoms with E-state index in [-0.39, 0.29) is 29.4 Å². The van der Waals surface area contributed by atoms with Crippen LogP contribution in [0.5, 0.6) is 0 Å². The zero-order valence-electron chi connectivity index (χ0n) is 15.9. The monoisotopic (exact) mass is 471 g/mol. The zero-order valence-corrected chi connectivity index (χ0v) is 18.2. The standard InChI is InChI=1S/C19H29N5O.HI/c1-19(2)16(14-7-13-25-17(14)19)22-18(20-3)24-11-9-23(10-12-24)15-6-4-5-8-21-15;/h4-6,8,14,16-17H,7,9-13H2,1-3H3,(H,20,22);1H. The summed E-state index contributed by atoms with van der Waals surface area (Å²) in [5, 5.41) is 3.75. The Kier molecular flexibility index (Phi) is 5.96. The van der Waals surface area contributed by atoms with E-state index in [1.807, 2.05) is 25.4 Å². The molecule has 1 aromatic heterocycles. The maximum Gasteiger partial charge on any atom is 0.194 e. The largest absolute Gasteiger partial charge is 0.377 e. The molecule has 1 aromatic rings. The van der Waals surface area contributed by atoms with Crippen molar-refractivity contribution in [3.05, 3.63) is 24.4 Å². The lowest BCUT2D eigenvalue weighted by atomic mass is 9.57. The maximum absolute atomic E-state index is 5.91. The van der Waals surface area contributed by atoms with Gasteiger partial charge in [-0.15, -0.1) is 24.0 Å². The highest BCUT2D eigenvalue weighted by atomic mass is 127. The second-order valence-electron chi connectivity index (χ2n) is 7.90. The third-order valence-corrected chi connectivity index (χ3v) is 6.15. The lowest BCUT2D eigenvalue weighted by molar-refractivity contribution is -0.107. The van der Waals surface area contributed by atoms with Crippen LogP contribution in [0.15, 0.2) is 29.4 Å². The summed E-state index contributed by atoms with van der Waals surface area (Å²) in [6.07, 6.45) is 3.43. The molecular weight excluding hydrogens is 441 g/mol. The number of ether oxygens (including phenoxy) is 1. The minimum absolute atomic E-state index is 0. The number of pyridine rings is 1. The third-order valence-electron chi connectivity index (χ3n) is 6.15. The van der Waals surface area contributed by atoms with Gasteiger partial charge in [-0.25, -0.2) is 4.98 Å². The first kappa shape index (κ1) is 19.7. The van der Waals surface area contributed by atoms with Gasteiger partial charge in [-0.2, -0.15) is 0 Å². The highest BCUT2D eigenvalue weighted by Crippen LogP contribution is 2.52. The van der Waals surface area contributed by atoms with Crippen LogP contribution in [0.3, 0.4) is 0 Å². The molecular formula is C19H30IN5O. The van der Waals surface area contributed by atoms with Crippen LogP contribution in [-0.2, 0) is 4.74 Å². The summed E-state index contributed by atoms with van der Waals surface area (Å²) >= 11 is 0. The van der Waals surface area contributed by atoms with Gasteiger partial charge in [0.05, 0.1) is 6.10 Å². The molecule has 1 N–H and O–H groups in total. The number of aliphatic imine (C=N–C) groups is 1. The van der Waals surface area contributed by atoms with E-state index in [1.165, 1.54) is 0 Å². The summed E-state index contributed by atoms with van der Waals surface area (Å²) in [4.78, 5) is 13.8. The van der Waals surface area contributed by atoms with Crippen LogP contribution in [0.2, 0.25) is 0 Å². The molecule has 0 aromatic carbocycles. The number of guanidine groups is 1. The number of hydrogen-bond donors (Lipinski definition) is 1. The highest BCUT2D eigenvalue weighted by molar-refractivity contribution is 14.0. The Balaban J connectivity index is 0.00000196. The number of piperazine rings is 1. The topological polar surface area (TPSA) is 53.0 Å². The molecule has 3 atom stereocenters. The van der Waals surface area contributed by atoms with Crippen molar-refractivity contribution in [1.29, 1.82) is 0 Å². The Morgan fingerprint density at radius 3 is 2.69 bits per heavy atom. The van der Waals surface area contributed by atoms with E-state index in [0.717, 1.165) is 51.0 Å². The van der Waals surface area contributed by atoms with Gasteiger partial charge in [-0.3, -0.25) is 4.99 Å². The van der Waals surface area contributed by atoms with Crippen LogP contribution in [0.25, 0.3) is 0 Å². The fourth-order valence-electron chi connectivity index (χ4n) is 4.74. The van der Waals surface area contributed by atoms with Crippen LogP contribution in [0, 0.1) is 11.3 Å². The molecule has 2 aliphatic heterocycles. The fraction of sp³-hybridized carbons (Fsp3) is 0.684. The number of anilines is 1. The van der Waals surface area contributed by atoms with Gasteiger partial charge < -0.3 is 19.9 Å². The Morgan fingerprint density at radius 1 is 1.27 bits per heavy atom. The summed E-state index contributed by atoms with van der Waals surface area (Å²) in [6.45, 7) is 9.40. The molecule has 0 spiro atoms. The van der Waals surface area contributed by atoms with E-state index in [2.05, 4.69) is 45.0 Å². The van der Waals surface area contributed by atoms with Gasteiger partial charge in [0.1, 0.15) is 5.82 Å². The van der Waals surface area contributed by atoms with E-state index >= 15 is 0 Å². The quantitative estimate of drug-likeness (QED) is 0.408. The van der Waals surface area contributed by atoms with Gasteiger partial charge in [0, 0.05) is 63.4 Å². The molecule has 7 heteroatoms. The van der Waals surface area contributed by atoms with Crippen LogP contribution in [0.1, 0.15) is 20.3 Å². The van der Waals surface area contributed by atoms with E-state index < -0.39 is 0 Å². The lowest BCUT2D eigenvalue weighted by Crippen LogP contribution is -2.68. The van der Waals surface area contributed by atoms with Gasteiger partial charge in [-0.1, -0.05) is 19.9 Å². The van der Waals surface area contributed by atoms with Gasteiger partial charge in [0.15, 0.2) is 5.96 Å². The average molecular weight is 471 g/mol. The smallest absolute Gasteiger partial charge is 0.194 e. The second-order valence-corrected chi connectivity index (χ2v) is 7.90. The normalized spacial score (nSPS) is 30.3. The number of rotatable bonds is 2. The van der Waals surface area contributed by atoms with Crippen molar-refractivity contribution in [3.8, 4) is 0 Å². The van der Waals surface area contributed by atoms with Crippen LogP contribution < -0.4 is 10.2 Å². The first-order chi connectivity index (χ1) is 12.1. The summed E-state index contributed by atoms with van der Waals surface area (Å²) < 4.78 is 5.91. The van der Waals surface area contributed by atoms with E-state index in [0.29, 0.717) is 18.1 Å². The van der Waals surface area contributed by atoms with E-state index in [9.17, 15) is 0 Å². The SMILES string of the molecule is CN=C(NC1C2CCOC2C1(C)C)N1CCN(c2ccccn2)CC1.I. The molecule has 144 valence electrons. The fourth-order valence-corrected chi connectivity index (χ4v) is 4.74. The molecule has 6 nitrogen and oxygen atoms in total. The molecule has 3 heterocycles. The molecule has 3 unspecified atom stereocenters. The Hall–Kier alpha value is -1.09. The van der Waals surface area contributed by atoms with Gasteiger partial charge >= 0.3 is 0 Å². The van der Waals surface area contributed by atoms with E-state index in [4.69, 9.17) is 4.74 Å². The summed E-state index contributed by atoms with van der Waals surface area (Å²) in [7, 11) is 1.89. The molecule has 3 aliphatic rings. The van der Waals surface area contributed by atoms with Crippen molar-refractivity contribution in [2.45, 2.75) is 32.4 Å². The predicted octanol–water partition coefficient (Wildman–Crippen LogP) is 2.21. The molecule has 4 rings (SSSR count). The Morgan fingerprint density at radius 2 is 2.04 bits per heavy atom. The molecule has 0 amide bonds. The number of hydrogen-bond acceptors (Lipinski definition) is 4. The molecule has 3 fully saturated rings. The van der Waals surface area contributed by atoms with Crippen molar-refractivity contribution in [3.63, 3.8) is 0 Å². The highest BCUT2D eigenvalue weighted by Gasteiger charge is 2.59. The minimum Gasteiger partial charge on any atom is -0.377 e. The van der Waals surface area contributed by atoms with Gasteiger partial charge in [0.25, 0.3) is 0 Å². The average Bonchev–Trinajstić information content (AvgIpc) is 3.11. The number of nitrogens with zero attached hydrogens (tertiary/aromatic N) is 4. The molecule has 2 saturated heterocycles. The van der Waals surface area contributed by atoms with Gasteiger partial charge in [0.2, 0.25) is 0 Å². The van der Waals surface area contributed by atoms with Crippen LogP contribution in [-0.4, -0.2) is 67.8 Å². The summed E-state index contributed by atoms with van der Waals surface area (Å²) in [5.74, 6) is 2.72. The van der Waals surface area contributed by atoms with E-state index in [1.54, 1.807) is 0 Å². The third kappa shape index (κ3) is 3.40. The molecule has 26 heavy (non-hydrogen) atoms. The molecule has 1 aliphatic carbocycles. The number of halogens is 1. The predicted molar refractivity (Wildman–Crippen MR) is 115 cm³/mol. The first-order valence-electron chi connectivity index (χ1n) is 9.37. The summed E-state index contributed by atoms with van der Waals surface area (Å²) in [6, 6.07) is 6.55. The first-order valence-corrected chi connectivity index (χ1v) is 9.37. The van der Waals surface area contributed by atoms with Crippen molar-refractivity contribution in [2.24, 2.45) is 16.3 Å². The van der Waals surface area contributed by atoms with Crippen LogP contribution in [0.4, 0.5) is 5.82 Å². The van der Waals surface area contributed by atoms with Crippen molar-refractivity contribution < 1.29 is 4.74 Å². The second kappa shape index (κ2) is 7.88. The molecule has 1 saturated carbocycles. The maximum atomic E-state index is 5.91. The lowest BCUT2D eigenvalue weighted by Gasteiger charge is -2.55. The molecule has 0 radical (unpaired) electrons. The van der Waals surface area contributed by atoms with Crippen molar-refractivity contribution in [1.82, 2.24) is 15.2 Å². The minimum atomic E-state index is 0. The Bertz CT molecular complexity index is 630. The summed E-state index contributed by atoms with van der Waals surface area (Å²) in [5.41, 5.74) is 0.173. The van der Waals surface area contributed by atoms with Crippen molar-refractivity contribution in [2.75, 3.05) is 44.7 Å². The number of nitrogens with one attached hydrogen (secondary N) is 1.